The monoisotopic (exact) mass is 254 g/mol. The highest BCUT2D eigenvalue weighted by molar-refractivity contribution is 5.39. The zero-order valence-electron chi connectivity index (χ0n) is 11.8. The van der Waals surface area contributed by atoms with E-state index in [2.05, 4.69) is 43.1 Å². The lowest BCUT2D eigenvalue weighted by Gasteiger charge is -2.05. The summed E-state index contributed by atoms with van der Waals surface area (Å²) in [4.78, 5) is 4.57. The first-order valence-corrected chi connectivity index (χ1v) is 6.92. The van der Waals surface area contributed by atoms with Crippen LogP contribution in [0.5, 0.6) is 0 Å². The Kier molecular flexibility index (Phi) is 4.56. The maximum absolute atomic E-state index is 5.68. The zero-order chi connectivity index (χ0) is 13.7. The number of unbranched alkanes of at least 4 members (excludes halogenated alkanes) is 1. The molecule has 0 spiro atoms. The van der Waals surface area contributed by atoms with Gasteiger partial charge < -0.3 is 5.73 Å². The average molecular weight is 254 g/mol. The van der Waals surface area contributed by atoms with Gasteiger partial charge in [-0.05, 0) is 74.9 Å². The van der Waals surface area contributed by atoms with E-state index in [1.54, 1.807) is 0 Å². The molecule has 1 aromatic heterocycles. The van der Waals surface area contributed by atoms with E-state index in [-0.39, 0.29) is 0 Å². The molecule has 0 saturated heterocycles. The molecule has 2 nitrogen and oxygen atoms in total. The van der Waals surface area contributed by atoms with E-state index in [1.165, 1.54) is 29.7 Å². The van der Waals surface area contributed by atoms with Crippen LogP contribution in [0.3, 0.4) is 0 Å². The highest BCUT2D eigenvalue weighted by Gasteiger charge is 1.99. The number of hydrogen-bond donors (Lipinski definition) is 1. The van der Waals surface area contributed by atoms with Crippen molar-refractivity contribution in [1.29, 1.82) is 0 Å². The Hall–Kier alpha value is -1.83. The standard InChI is InChI=1S/C17H22N2/c1-13-11-14(2)19-17(12-13)6-4-3-5-15-7-9-16(18)10-8-15/h7-12H,3-6,18H2,1-2H3. The van der Waals surface area contributed by atoms with Gasteiger partial charge >= 0.3 is 0 Å². The van der Waals surface area contributed by atoms with E-state index < -0.39 is 0 Å². The molecule has 2 heteroatoms. The Morgan fingerprint density at radius 3 is 2.32 bits per heavy atom. The van der Waals surface area contributed by atoms with Crippen LogP contribution in [0.4, 0.5) is 5.69 Å². The number of anilines is 1. The van der Waals surface area contributed by atoms with Crippen molar-refractivity contribution in [2.45, 2.75) is 39.5 Å². The van der Waals surface area contributed by atoms with E-state index in [0.717, 1.165) is 24.2 Å². The molecule has 0 fully saturated rings. The minimum Gasteiger partial charge on any atom is -0.399 e. The molecule has 0 aliphatic carbocycles. The third-order valence-electron chi connectivity index (χ3n) is 3.28. The second-order valence-electron chi connectivity index (χ2n) is 5.23. The van der Waals surface area contributed by atoms with E-state index >= 15 is 0 Å². The molecule has 1 aromatic carbocycles. The summed E-state index contributed by atoms with van der Waals surface area (Å²) in [6.45, 7) is 4.19. The van der Waals surface area contributed by atoms with Crippen molar-refractivity contribution >= 4 is 5.69 Å². The van der Waals surface area contributed by atoms with Crippen molar-refractivity contribution in [3.8, 4) is 0 Å². The van der Waals surface area contributed by atoms with Crippen LogP contribution in [0, 0.1) is 13.8 Å². The minimum atomic E-state index is 0.836. The molecule has 2 N–H and O–H groups in total. The van der Waals surface area contributed by atoms with Crippen molar-refractivity contribution in [1.82, 2.24) is 4.98 Å². The first-order chi connectivity index (χ1) is 9.13. The summed E-state index contributed by atoms with van der Waals surface area (Å²) in [6.07, 6.45) is 4.56. The number of nitrogens with zero attached hydrogens (tertiary/aromatic N) is 1. The second kappa shape index (κ2) is 6.37. The number of nitrogen functional groups attached to an aromatic ring is 1. The number of benzene rings is 1. The van der Waals surface area contributed by atoms with Crippen LogP contribution in [0.1, 0.15) is 35.4 Å². The zero-order valence-corrected chi connectivity index (χ0v) is 11.8. The van der Waals surface area contributed by atoms with E-state index in [4.69, 9.17) is 5.73 Å². The number of pyridine rings is 1. The number of aryl methyl sites for hydroxylation is 4. The van der Waals surface area contributed by atoms with Gasteiger partial charge in [-0.25, -0.2) is 0 Å². The summed E-state index contributed by atoms with van der Waals surface area (Å²) >= 11 is 0. The van der Waals surface area contributed by atoms with Gasteiger partial charge in [0, 0.05) is 17.1 Å². The summed E-state index contributed by atoms with van der Waals surface area (Å²) in [5.74, 6) is 0. The van der Waals surface area contributed by atoms with Gasteiger partial charge in [-0.15, -0.1) is 0 Å². The van der Waals surface area contributed by atoms with Crippen LogP contribution in [-0.4, -0.2) is 4.98 Å². The normalized spacial score (nSPS) is 10.6. The van der Waals surface area contributed by atoms with Crippen LogP contribution in [0.15, 0.2) is 36.4 Å². The molecule has 100 valence electrons. The van der Waals surface area contributed by atoms with Gasteiger partial charge in [0.15, 0.2) is 0 Å². The van der Waals surface area contributed by atoms with Gasteiger partial charge in [0.25, 0.3) is 0 Å². The molecule has 0 saturated carbocycles. The molecule has 0 aliphatic heterocycles. The lowest BCUT2D eigenvalue weighted by Crippen LogP contribution is -1.95. The van der Waals surface area contributed by atoms with Crippen molar-refractivity contribution in [3.63, 3.8) is 0 Å². The predicted octanol–water partition coefficient (Wildman–Crippen LogP) is 3.85. The molecule has 0 radical (unpaired) electrons. The van der Waals surface area contributed by atoms with Crippen LogP contribution in [-0.2, 0) is 12.8 Å². The number of rotatable bonds is 5. The lowest BCUT2D eigenvalue weighted by atomic mass is 10.0. The molecule has 19 heavy (non-hydrogen) atoms. The first-order valence-electron chi connectivity index (χ1n) is 6.92. The van der Waals surface area contributed by atoms with Crippen LogP contribution in [0.2, 0.25) is 0 Å². The van der Waals surface area contributed by atoms with Crippen LogP contribution < -0.4 is 5.73 Å². The second-order valence-corrected chi connectivity index (χ2v) is 5.23. The summed E-state index contributed by atoms with van der Waals surface area (Å²) in [5.41, 5.74) is 11.5. The molecule has 1 heterocycles. The Morgan fingerprint density at radius 1 is 0.947 bits per heavy atom. The quantitative estimate of drug-likeness (QED) is 0.650. The van der Waals surface area contributed by atoms with Crippen molar-refractivity contribution in [3.05, 3.63) is 58.9 Å². The maximum Gasteiger partial charge on any atom is 0.0409 e. The Labute approximate surface area is 115 Å². The van der Waals surface area contributed by atoms with Gasteiger partial charge in [0.2, 0.25) is 0 Å². The van der Waals surface area contributed by atoms with Gasteiger partial charge in [-0.3, -0.25) is 4.98 Å². The molecule has 2 aromatic rings. The molecule has 0 amide bonds. The minimum absolute atomic E-state index is 0.836. The van der Waals surface area contributed by atoms with Gasteiger partial charge in [0.05, 0.1) is 0 Å². The van der Waals surface area contributed by atoms with Gasteiger partial charge in [-0.2, -0.15) is 0 Å². The summed E-state index contributed by atoms with van der Waals surface area (Å²) in [6, 6.07) is 12.5. The Bertz CT molecular complexity index is 509. The van der Waals surface area contributed by atoms with E-state index in [1.807, 2.05) is 12.1 Å². The van der Waals surface area contributed by atoms with E-state index in [9.17, 15) is 0 Å². The lowest BCUT2D eigenvalue weighted by molar-refractivity contribution is 0.720. The molecule has 0 aliphatic rings. The van der Waals surface area contributed by atoms with Crippen LogP contribution >= 0.6 is 0 Å². The molecule has 0 bridgehead atoms. The fraction of sp³-hybridized carbons (Fsp3) is 0.353. The average Bonchev–Trinajstić information content (AvgIpc) is 2.36. The molecular formula is C17H22N2. The highest BCUT2D eigenvalue weighted by atomic mass is 14.7. The number of aromatic nitrogens is 1. The van der Waals surface area contributed by atoms with Crippen LogP contribution in [0.25, 0.3) is 0 Å². The largest absolute Gasteiger partial charge is 0.399 e. The van der Waals surface area contributed by atoms with Crippen molar-refractivity contribution in [2.24, 2.45) is 0 Å². The fourth-order valence-corrected chi connectivity index (χ4v) is 2.37. The van der Waals surface area contributed by atoms with Crippen molar-refractivity contribution in [2.75, 3.05) is 5.73 Å². The molecular weight excluding hydrogens is 232 g/mol. The Morgan fingerprint density at radius 2 is 1.63 bits per heavy atom. The topological polar surface area (TPSA) is 38.9 Å². The summed E-state index contributed by atoms with van der Waals surface area (Å²) < 4.78 is 0. The summed E-state index contributed by atoms with van der Waals surface area (Å²) in [5, 5.41) is 0. The van der Waals surface area contributed by atoms with Gasteiger partial charge in [-0.1, -0.05) is 12.1 Å². The highest BCUT2D eigenvalue weighted by Crippen LogP contribution is 2.11. The van der Waals surface area contributed by atoms with Gasteiger partial charge in [0.1, 0.15) is 0 Å². The van der Waals surface area contributed by atoms with E-state index in [0.29, 0.717) is 0 Å². The molecule has 0 unspecified atom stereocenters. The third kappa shape index (κ3) is 4.40. The Balaban J connectivity index is 1.79. The smallest absolute Gasteiger partial charge is 0.0409 e. The predicted molar refractivity (Wildman–Crippen MR) is 81.2 cm³/mol. The maximum atomic E-state index is 5.68. The number of hydrogen-bond acceptors (Lipinski definition) is 2. The van der Waals surface area contributed by atoms with Crippen molar-refractivity contribution < 1.29 is 0 Å². The molecule has 0 atom stereocenters. The fourth-order valence-electron chi connectivity index (χ4n) is 2.37. The SMILES string of the molecule is Cc1cc(C)nc(CCCCc2ccc(N)cc2)c1. The summed E-state index contributed by atoms with van der Waals surface area (Å²) in [7, 11) is 0. The molecule has 2 rings (SSSR count). The number of nitrogens with two attached hydrogens (primary N) is 1. The third-order valence-corrected chi connectivity index (χ3v) is 3.28. The first kappa shape index (κ1) is 13.6.